The molecular weight excluding hydrogens is 267 g/mol. The van der Waals surface area contributed by atoms with Gasteiger partial charge in [-0.2, -0.15) is 0 Å². The van der Waals surface area contributed by atoms with Crippen LogP contribution >= 0.6 is 0 Å². The molecular formula is C13H15FN2O4. The Balaban J connectivity index is 2.63. The first kappa shape index (κ1) is 15.6. The molecule has 7 heteroatoms. The number of benzene rings is 1. The number of hydrogen-bond donors (Lipinski definition) is 2. The smallest absolute Gasteiger partial charge is 0.303 e. The zero-order valence-electron chi connectivity index (χ0n) is 10.9. The van der Waals surface area contributed by atoms with E-state index in [0.717, 1.165) is 6.92 Å². The molecule has 3 N–H and O–H groups in total. The Morgan fingerprint density at radius 3 is 2.65 bits per heavy atom. The van der Waals surface area contributed by atoms with Crippen LogP contribution in [0.25, 0.3) is 0 Å². The summed E-state index contributed by atoms with van der Waals surface area (Å²) in [6.45, 7) is 0.661. The lowest BCUT2D eigenvalue weighted by molar-refractivity contribution is -0.146. The van der Waals surface area contributed by atoms with Gasteiger partial charge >= 0.3 is 5.97 Å². The molecule has 1 atom stereocenters. The predicted molar refractivity (Wildman–Crippen MR) is 67.9 cm³/mol. The highest BCUT2D eigenvalue weighted by atomic mass is 19.1. The van der Waals surface area contributed by atoms with E-state index in [1.165, 1.54) is 18.2 Å². The van der Waals surface area contributed by atoms with Crippen molar-refractivity contribution in [1.29, 1.82) is 0 Å². The number of esters is 1. The molecule has 1 aromatic carbocycles. The van der Waals surface area contributed by atoms with Crippen LogP contribution < -0.4 is 11.1 Å². The molecule has 0 saturated heterocycles. The average Bonchev–Trinajstić information content (AvgIpc) is 2.35. The summed E-state index contributed by atoms with van der Waals surface area (Å²) in [6, 6.07) is 4.61. The number of hydrogen-bond acceptors (Lipinski definition) is 4. The maximum atomic E-state index is 13.0. The van der Waals surface area contributed by atoms with Crippen molar-refractivity contribution in [1.82, 2.24) is 5.32 Å². The number of rotatable bonds is 6. The second-order valence-corrected chi connectivity index (χ2v) is 4.14. The molecule has 0 fully saturated rings. The van der Waals surface area contributed by atoms with Gasteiger partial charge in [-0.15, -0.1) is 0 Å². The number of amides is 2. The quantitative estimate of drug-likeness (QED) is 0.712. The highest BCUT2D eigenvalue weighted by Gasteiger charge is 2.19. The maximum Gasteiger partial charge on any atom is 0.303 e. The first-order chi connectivity index (χ1) is 9.38. The van der Waals surface area contributed by atoms with Crippen molar-refractivity contribution in [2.45, 2.75) is 19.4 Å². The Hall–Kier alpha value is -2.44. The van der Waals surface area contributed by atoms with Gasteiger partial charge in [-0.25, -0.2) is 4.39 Å². The van der Waals surface area contributed by atoms with E-state index in [-0.39, 0.29) is 6.42 Å². The highest BCUT2D eigenvalue weighted by Crippen LogP contribution is 2.06. The molecule has 0 spiro atoms. The van der Waals surface area contributed by atoms with Crippen LogP contribution in [0.15, 0.2) is 24.3 Å². The number of nitrogens with two attached hydrogens (primary N) is 1. The molecule has 1 aromatic rings. The zero-order valence-corrected chi connectivity index (χ0v) is 10.9. The summed E-state index contributed by atoms with van der Waals surface area (Å²) in [5, 5.41) is 2.33. The first-order valence-corrected chi connectivity index (χ1v) is 5.85. The van der Waals surface area contributed by atoms with Crippen molar-refractivity contribution >= 4 is 17.8 Å². The normalized spacial score (nSPS) is 11.5. The van der Waals surface area contributed by atoms with Crippen LogP contribution in [0.4, 0.5) is 4.39 Å². The van der Waals surface area contributed by atoms with Gasteiger partial charge in [0.1, 0.15) is 11.9 Å². The summed E-state index contributed by atoms with van der Waals surface area (Å²) in [5.74, 6) is -2.47. The Bertz CT molecular complexity index is 519. The number of ether oxygens (including phenoxy) is 1. The number of nitrogens with one attached hydrogen (secondary N) is 1. The fourth-order valence-electron chi connectivity index (χ4n) is 1.53. The number of carbonyl (C=O) groups excluding carboxylic acids is 3. The summed E-state index contributed by atoms with van der Waals surface area (Å²) in [5.41, 5.74) is 5.69. The number of primary amides is 1. The summed E-state index contributed by atoms with van der Waals surface area (Å²) in [4.78, 5) is 33.3. The Labute approximate surface area is 115 Å². The Kier molecular flexibility index (Phi) is 5.64. The van der Waals surface area contributed by atoms with Crippen molar-refractivity contribution in [2.24, 2.45) is 5.73 Å². The van der Waals surface area contributed by atoms with E-state index in [2.05, 4.69) is 10.1 Å². The van der Waals surface area contributed by atoms with Gasteiger partial charge in [0.25, 0.3) is 5.91 Å². The molecule has 2 amide bonds. The molecule has 0 unspecified atom stereocenters. The van der Waals surface area contributed by atoms with E-state index in [4.69, 9.17) is 5.73 Å². The molecule has 0 bridgehead atoms. The van der Waals surface area contributed by atoms with E-state index in [9.17, 15) is 18.8 Å². The minimum Gasteiger partial charge on any atom is -0.456 e. The molecule has 1 rings (SSSR count). The lowest BCUT2D eigenvalue weighted by Gasteiger charge is -2.15. The van der Waals surface area contributed by atoms with E-state index in [0.29, 0.717) is 5.56 Å². The highest BCUT2D eigenvalue weighted by molar-refractivity contribution is 5.88. The van der Waals surface area contributed by atoms with Gasteiger partial charge in [-0.05, 0) is 17.7 Å². The average molecular weight is 282 g/mol. The fraction of sp³-hybridized carbons (Fsp3) is 0.308. The third-order valence-electron chi connectivity index (χ3n) is 2.41. The van der Waals surface area contributed by atoms with Gasteiger partial charge in [-0.1, -0.05) is 12.1 Å². The van der Waals surface area contributed by atoms with Gasteiger partial charge in [0.2, 0.25) is 5.91 Å². The van der Waals surface area contributed by atoms with E-state index < -0.39 is 36.2 Å². The SMILES string of the molecule is CC(=O)OCC(=O)N[C@H](Cc1cccc(F)c1)C(N)=O. The first-order valence-electron chi connectivity index (χ1n) is 5.85. The van der Waals surface area contributed by atoms with Gasteiger partial charge in [0.15, 0.2) is 6.61 Å². The topological polar surface area (TPSA) is 98.5 Å². The van der Waals surface area contributed by atoms with Crippen LogP contribution in [-0.2, 0) is 25.5 Å². The van der Waals surface area contributed by atoms with Crippen molar-refractivity contribution in [3.63, 3.8) is 0 Å². The maximum absolute atomic E-state index is 13.0. The van der Waals surface area contributed by atoms with Gasteiger partial charge < -0.3 is 15.8 Å². The van der Waals surface area contributed by atoms with Crippen molar-refractivity contribution in [3.8, 4) is 0 Å². The molecule has 0 heterocycles. The van der Waals surface area contributed by atoms with Crippen LogP contribution in [0, 0.1) is 5.82 Å². The van der Waals surface area contributed by atoms with Crippen LogP contribution in [-0.4, -0.2) is 30.4 Å². The molecule has 0 aromatic heterocycles. The molecule has 0 saturated carbocycles. The lowest BCUT2D eigenvalue weighted by Crippen LogP contribution is -2.47. The lowest BCUT2D eigenvalue weighted by atomic mass is 10.1. The predicted octanol–water partition coefficient (Wildman–Crippen LogP) is -0.0986. The number of carbonyl (C=O) groups is 3. The Morgan fingerprint density at radius 2 is 2.10 bits per heavy atom. The van der Waals surface area contributed by atoms with Gasteiger partial charge in [0.05, 0.1) is 0 Å². The minimum atomic E-state index is -1.00. The largest absolute Gasteiger partial charge is 0.456 e. The third kappa shape index (κ3) is 5.47. The minimum absolute atomic E-state index is 0.0545. The zero-order chi connectivity index (χ0) is 15.1. The summed E-state index contributed by atoms with van der Waals surface area (Å²) < 4.78 is 17.5. The fourth-order valence-corrected chi connectivity index (χ4v) is 1.53. The van der Waals surface area contributed by atoms with E-state index in [1.807, 2.05) is 0 Å². The second kappa shape index (κ2) is 7.22. The second-order valence-electron chi connectivity index (χ2n) is 4.14. The van der Waals surface area contributed by atoms with Crippen molar-refractivity contribution in [2.75, 3.05) is 6.61 Å². The third-order valence-corrected chi connectivity index (χ3v) is 2.41. The summed E-state index contributed by atoms with van der Waals surface area (Å²) >= 11 is 0. The van der Waals surface area contributed by atoms with Crippen LogP contribution in [0.5, 0.6) is 0 Å². The molecule has 108 valence electrons. The molecule has 0 radical (unpaired) electrons. The van der Waals surface area contributed by atoms with Crippen LogP contribution in [0.3, 0.4) is 0 Å². The standard InChI is InChI=1S/C13H15FN2O4/c1-8(17)20-7-12(18)16-11(13(15)19)6-9-3-2-4-10(14)5-9/h2-5,11H,6-7H2,1H3,(H2,15,19)(H,16,18)/t11-/m1/s1. The van der Waals surface area contributed by atoms with Gasteiger partial charge in [-0.3, -0.25) is 14.4 Å². The summed E-state index contributed by atoms with van der Waals surface area (Å²) in [7, 11) is 0. The monoisotopic (exact) mass is 282 g/mol. The van der Waals surface area contributed by atoms with E-state index >= 15 is 0 Å². The van der Waals surface area contributed by atoms with Crippen LogP contribution in [0.2, 0.25) is 0 Å². The molecule has 6 nitrogen and oxygen atoms in total. The molecule has 0 aliphatic rings. The van der Waals surface area contributed by atoms with Crippen molar-refractivity contribution < 1.29 is 23.5 Å². The van der Waals surface area contributed by atoms with Crippen LogP contribution in [0.1, 0.15) is 12.5 Å². The van der Waals surface area contributed by atoms with Crippen molar-refractivity contribution in [3.05, 3.63) is 35.6 Å². The van der Waals surface area contributed by atoms with Gasteiger partial charge in [0, 0.05) is 13.3 Å². The molecule has 20 heavy (non-hydrogen) atoms. The number of halogens is 1. The molecule has 0 aliphatic heterocycles. The van der Waals surface area contributed by atoms with E-state index in [1.54, 1.807) is 6.07 Å². The molecule has 0 aliphatic carbocycles. The Morgan fingerprint density at radius 1 is 1.40 bits per heavy atom. The summed E-state index contributed by atoms with van der Waals surface area (Å²) in [6.07, 6.45) is 0.0545.